The van der Waals surface area contributed by atoms with Gasteiger partial charge in [-0.25, -0.2) is 0 Å². The lowest BCUT2D eigenvalue weighted by atomic mass is 10.2. The molecule has 0 saturated carbocycles. The van der Waals surface area contributed by atoms with Crippen LogP contribution in [0.25, 0.3) is 0 Å². The predicted octanol–water partition coefficient (Wildman–Crippen LogP) is 2.92. The SMILES string of the molecule is COc1cccc(NC(=O)CSc2ccccc2C(=O)N[C@@H](C)CN)c1.Cl. The molecule has 8 heteroatoms. The van der Waals surface area contributed by atoms with Crippen molar-refractivity contribution in [1.29, 1.82) is 0 Å². The minimum absolute atomic E-state index is 0. The molecule has 2 rings (SSSR count). The Morgan fingerprint density at radius 2 is 1.93 bits per heavy atom. The Hall–Kier alpha value is -2.22. The third-order valence-electron chi connectivity index (χ3n) is 3.57. The molecule has 0 spiro atoms. The van der Waals surface area contributed by atoms with Crippen LogP contribution in [0.3, 0.4) is 0 Å². The zero-order chi connectivity index (χ0) is 18.9. The van der Waals surface area contributed by atoms with Gasteiger partial charge in [-0.15, -0.1) is 24.2 Å². The Morgan fingerprint density at radius 1 is 1.19 bits per heavy atom. The number of hydrogen-bond acceptors (Lipinski definition) is 5. The van der Waals surface area contributed by atoms with Crippen LogP contribution in [-0.2, 0) is 4.79 Å². The number of carbonyl (C=O) groups excluding carboxylic acids is 2. The topological polar surface area (TPSA) is 93.4 Å². The third kappa shape index (κ3) is 7.13. The molecule has 0 aliphatic rings. The van der Waals surface area contributed by atoms with Crippen LogP contribution in [0.5, 0.6) is 5.75 Å². The summed E-state index contributed by atoms with van der Waals surface area (Å²) in [6.07, 6.45) is 0. The number of methoxy groups -OCH3 is 1. The van der Waals surface area contributed by atoms with Gasteiger partial charge >= 0.3 is 0 Å². The average molecular weight is 410 g/mol. The molecule has 0 aliphatic heterocycles. The van der Waals surface area contributed by atoms with Crippen molar-refractivity contribution < 1.29 is 14.3 Å². The lowest BCUT2D eigenvalue weighted by Gasteiger charge is -2.14. The number of anilines is 1. The van der Waals surface area contributed by atoms with Gasteiger partial charge in [-0.2, -0.15) is 0 Å². The summed E-state index contributed by atoms with van der Waals surface area (Å²) in [6, 6.07) is 14.2. The van der Waals surface area contributed by atoms with Gasteiger partial charge in [0.25, 0.3) is 5.91 Å². The highest BCUT2D eigenvalue weighted by atomic mass is 35.5. The molecule has 0 radical (unpaired) electrons. The standard InChI is InChI=1S/C19H23N3O3S.ClH/c1-13(11-20)21-19(24)16-8-3-4-9-17(16)26-12-18(23)22-14-6-5-7-15(10-14)25-2;/h3-10,13H,11-12,20H2,1-2H3,(H,21,24)(H,22,23);1H/t13-;/m0./s1. The fourth-order valence-electron chi connectivity index (χ4n) is 2.18. The number of thioether (sulfide) groups is 1. The van der Waals surface area contributed by atoms with Gasteiger partial charge in [0, 0.05) is 29.2 Å². The first kappa shape index (κ1) is 22.8. The van der Waals surface area contributed by atoms with Crippen LogP contribution in [0.15, 0.2) is 53.4 Å². The summed E-state index contributed by atoms with van der Waals surface area (Å²) in [5, 5.41) is 5.65. The molecule has 0 heterocycles. The molecule has 0 aliphatic carbocycles. The van der Waals surface area contributed by atoms with Crippen molar-refractivity contribution in [1.82, 2.24) is 5.32 Å². The zero-order valence-electron chi connectivity index (χ0n) is 15.2. The first-order valence-electron chi connectivity index (χ1n) is 8.20. The van der Waals surface area contributed by atoms with Crippen molar-refractivity contribution in [2.45, 2.75) is 17.9 Å². The Labute approximate surface area is 169 Å². The third-order valence-corrected chi connectivity index (χ3v) is 4.65. The van der Waals surface area contributed by atoms with Crippen LogP contribution in [0.1, 0.15) is 17.3 Å². The summed E-state index contributed by atoms with van der Waals surface area (Å²) in [7, 11) is 1.57. The van der Waals surface area contributed by atoms with E-state index in [0.29, 0.717) is 23.5 Å². The van der Waals surface area contributed by atoms with Gasteiger partial charge in [-0.05, 0) is 31.2 Å². The second-order valence-corrected chi connectivity index (χ2v) is 6.69. The van der Waals surface area contributed by atoms with E-state index < -0.39 is 0 Å². The lowest BCUT2D eigenvalue weighted by Crippen LogP contribution is -2.38. The number of halogens is 1. The van der Waals surface area contributed by atoms with E-state index in [0.717, 1.165) is 4.90 Å². The molecule has 2 amide bonds. The summed E-state index contributed by atoms with van der Waals surface area (Å²) < 4.78 is 5.14. The van der Waals surface area contributed by atoms with Crippen molar-refractivity contribution in [3.8, 4) is 5.75 Å². The molecular formula is C19H24ClN3O3S. The van der Waals surface area contributed by atoms with Crippen LogP contribution >= 0.6 is 24.2 Å². The molecule has 146 valence electrons. The fourth-order valence-corrected chi connectivity index (χ4v) is 3.03. The number of nitrogens with one attached hydrogen (secondary N) is 2. The van der Waals surface area contributed by atoms with Gasteiger partial charge < -0.3 is 21.1 Å². The molecule has 0 unspecified atom stereocenters. The van der Waals surface area contributed by atoms with Crippen molar-refractivity contribution in [3.63, 3.8) is 0 Å². The quantitative estimate of drug-likeness (QED) is 0.583. The van der Waals surface area contributed by atoms with Gasteiger partial charge in [-0.3, -0.25) is 9.59 Å². The summed E-state index contributed by atoms with van der Waals surface area (Å²) in [5.41, 5.74) is 6.75. The normalized spacial score (nSPS) is 11.1. The number of benzene rings is 2. The highest BCUT2D eigenvalue weighted by Crippen LogP contribution is 2.23. The minimum Gasteiger partial charge on any atom is -0.497 e. The molecule has 2 aromatic carbocycles. The first-order valence-corrected chi connectivity index (χ1v) is 9.18. The maximum absolute atomic E-state index is 12.3. The van der Waals surface area contributed by atoms with E-state index in [1.807, 2.05) is 25.1 Å². The van der Waals surface area contributed by atoms with E-state index in [4.69, 9.17) is 10.5 Å². The van der Waals surface area contributed by atoms with E-state index in [9.17, 15) is 9.59 Å². The van der Waals surface area contributed by atoms with Crippen LogP contribution in [0.2, 0.25) is 0 Å². The van der Waals surface area contributed by atoms with Crippen molar-refractivity contribution in [3.05, 3.63) is 54.1 Å². The predicted molar refractivity (Wildman–Crippen MR) is 112 cm³/mol. The highest BCUT2D eigenvalue weighted by Gasteiger charge is 2.14. The van der Waals surface area contributed by atoms with Crippen LogP contribution < -0.4 is 21.1 Å². The molecule has 1 atom stereocenters. The monoisotopic (exact) mass is 409 g/mol. The van der Waals surface area contributed by atoms with E-state index in [1.165, 1.54) is 11.8 Å². The minimum atomic E-state index is -0.195. The van der Waals surface area contributed by atoms with E-state index in [-0.39, 0.29) is 36.0 Å². The van der Waals surface area contributed by atoms with Crippen LogP contribution in [0.4, 0.5) is 5.69 Å². The number of rotatable bonds is 8. The first-order chi connectivity index (χ1) is 12.5. The Balaban J connectivity index is 0.00000364. The molecule has 0 aromatic heterocycles. The summed E-state index contributed by atoms with van der Waals surface area (Å²) in [4.78, 5) is 25.3. The smallest absolute Gasteiger partial charge is 0.252 e. The van der Waals surface area contributed by atoms with Gasteiger partial charge in [0.2, 0.25) is 5.91 Å². The second-order valence-electron chi connectivity index (χ2n) is 5.68. The summed E-state index contributed by atoms with van der Waals surface area (Å²) >= 11 is 1.31. The number of ether oxygens (including phenoxy) is 1. The number of hydrogen-bond donors (Lipinski definition) is 3. The molecule has 0 bridgehead atoms. The zero-order valence-corrected chi connectivity index (χ0v) is 16.9. The summed E-state index contributed by atoms with van der Waals surface area (Å²) in [5.74, 6) is 0.507. The number of nitrogens with two attached hydrogens (primary N) is 1. The van der Waals surface area contributed by atoms with Crippen LogP contribution in [0, 0.1) is 0 Å². The molecule has 27 heavy (non-hydrogen) atoms. The average Bonchev–Trinajstić information content (AvgIpc) is 2.66. The van der Waals surface area contributed by atoms with Gasteiger partial charge in [0.15, 0.2) is 0 Å². The molecule has 4 N–H and O–H groups in total. The maximum Gasteiger partial charge on any atom is 0.252 e. The summed E-state index contributed by atoms with van der Waals surface area (Å²) in [6.45, 7) is 2.21. The van der Waals surface area contributed by atoms with Crippen molar-refractivity contribution in [2.24, 2.45) is 5.73 Å². The Morgan fingerprint density at radius 3 is 2.63 bits per heavy atom. The van der Waals surface area contributed by atoms with Gasteiger partial charge in [-0.1, -0.05) is 18.2 Å². The van der Waals surface area contributed by atoms with E-state index in [2.05, 4.69) is 10.6 Å². The molecule has 0 fully saturated rings. The second kappa shape index (κ2) is 11.5. The van der Waals surface area contributed by atoms with Crippen LogP contribution in [-0.4, -0.2) is 37.3 Å². The highest BCUT2D eigenvalue weighted by molar-refractivity contribution is 8.00. The Bertz CT molecular complexity index is 773. The van der Waals surface area contributed by atoms with E-state index >= 15 is 0 Å². The van der Waals surface area contributed by atoms with E-state index in [1.54, 1.807) is 37.4 Å². The molecule has 2 aromatic rings. The fraction of sp³-hybridized carbons (Fsp3) is 0.263. The Kier molecular flexibility index (Phi) is 9.71. The molecule has 0 saturated heterocycles. The van der Waals surface area contributed by atoms with Crippen molar-refractivity contribution >= 4 is 41.7 Å². The largest absolute Gasteiger partial charge is 0.497 e. The van der Waals surface area contributed by atoms with Crippen molar-refractivity contribution in [2.75, 3.05) is 24.7 Å². The lowest BCUT2D eigenvalue weighted by molar-refractivity contribution is -0.113. The maximum atomic E-state index is 12.3. The number of carbonyl (C=O) groups is 2. The van der Waals surface area contributed by atoms with Gasteiger partial charge in [0.05, 0.1) is 18.4 Å². The molecule has 6 nitrogen and oxygen atoms in total. The molecular weight excluding hydrogens is 386 g/mol. The number of amides is 2. The van der Waals surface area contributed by atoms with Gasteiger partial charge in [0.1, 0.15) is 5.75 Å².